The topological polar surface area (TPSA) is 163 Å². The quantitative estimate of drug-likeness (QED) is 0.196. The Bertz CT molecular complexity index is 1540. The second kappa shape index (κ2) is 12.3. The molecule has 2 aromatic carbocycles. The number of hydrogen-bond donors (Lipinski definition) is 2. The van der Waals surface area contributed by atoms with Gasteiger partial charge in [-0.05, 0) is 31.2 Å². The van der Waals surface area contributed by atoms with Gasteiger partial charge in [-0.15, -0.1) is 0 Å². The summed E-state index contributed by atoms with van der Waals surface area (Å²) >= 11 is 0. The molecule has 1 aromatic heterocycles. The summed E-state index contributed by atoms with van der Waals surface area (Å²) in [5.41, 5.74) is 1.71. The number of aldehydes is 1. The summed E-state index contributed by atoms with van der Waals surface area (Å²) in [5.74, 6) is -5.28. The van der Waals surface area contributed by atoms with Gasteiger partial charge in [0.2, 0.25) is 15.9 Å². The van der Waals surface area contributed by atoms with Crippen molar-refractivity contribution in [1.82, 2.24) is 14.3 Å². The van der Waals surface area contributed by atoms with Gasteiger partial charge < -0.3 is 24.2 Å². The van der Waals surface area contributed by atoms with Gasteiger partial charge in [-0.2, -0.15) is 13.2 Å². The molecule has 0 aliphatic heterocycles. The number of nitrogens with one attached hydrogen (secondary N) is 2. The lowest BCUT2D eigenvalue weighted by molar-refractivity contribution is -0.202. The molecule has 0 aliphatic rings. The zero-order valence-electron chi connectivity index (χ0n) is 21.0. The van der Waals surface area contributed by atoms with E-state index in [-0.39, 0.29) is 24.3 Å². The Morgan fingerprint density at radius 2 is 1.85 bits per heavy atom. The van der Waals surface area contributed by atoms with Crippen LogP contribution in [0, 0.1) is 0 Å². The molecule has 0 fully saturated rings. The summed E-state index contributed by atoms with van der Waals surface area (Å²) in [6.07, 6.45) is -5.79. The van der Waals surface area contributed by atoms with E-state index < -0.39 is 57.5 Å². The fourth-order valence-corrected chi connectivity index (χ4v) is 4.84. The molecule has 0 radical (unpaired) electrons. The number of halogens is 3. The van der Waals surface area contributed by atoms with Crippen molar-refractivity contribution >= 4 is 50.9 Å². The lowest BCUT2D eigenvalue weighted by atomic mass is 10.2. The third-order valence-corrected chi connectivity index (χ3v) is 6.69. The molecule has 3 aromatic rings. The third kappa shape index (κ3) is 7.86. The number of alkyl halides is 3. The summed E-state index contributed by atoms with van der Waals surface area (Å²) in [7, 11) is -4.65. The molecule has 40 heavy (non-hydrogen) atoms. The minimum Gasteiger partial charge on any atom is -0.487 e. The Morgan fingerprint density at radius 1 is 1.15 bits per heavy atom. The van der Waals surface area contributed by atoms with E-state index in [0.717, 1.165) is 17.1 Å². The number of nitrogens with zero attached hydrogens (tertiary/aromatic N) is 2. The average Bonchev–Trinajstić information content (AvgIpc) is 3.25. The highest BCUT2D eigenvalue weighted by atomic mass is 32.2. The molecule has 16 heteroatoms. The standard InChI is InChI=1S/C24H23F3N4O8S/c1-14(11-31-13-28-18-5-3-4-6-19(18)31)38-20-9-16(29-15(2)33)7-8-21(20)40(36,37)30-17(12-32)10-22(34)39-23(35)24(25,26)27/h3-9,12-14,17,30H,10-11H2,1-2H3,(H,29,33). The van der Waals surface area contributed by atoms with Gasteiger partial charge in [-0.25, -0.2) is 22.9 Å². The van der Waals surface area contributed by atoms with E-state index >= 15 is 0 Å². The zero-order chi connectivity index (χ0) is 29.7. The fraction of sp³-hybridized carbons (Fsp3) is 0.292. The van der Waals surface area contributed by atoms with E-state index in [9.17, 15) is 40.8 Å². The van der Waals surface area contributed by atoms with Crippen LogP contribution in [0.4, 0.5) is 18.9 Å². The van der Waals surface area contributed by atoms with Crippen LogP contribution in [0.3, 0.4) is 0 Å². The molecular weight excluding hydrogens is 561 g/mol. The van der Waals surface area contributed by atoms with Gasteiger partial charge in [-0.3, -0.25) is 9.59 Å². The molecular formula is C24H23F3N4O8S. The SMILES string of the molecule is CC(=O)Nc1ccc(S(=O)(=O)NC(C=O)CC(=O)OC(=O)C(F)(F)F)c(OC(C)Cn2cnc3ccccc32)c1. The van der Waals surface area contributed by atoms with Crippen molar-refractivity contribution in [2.75, 3.05) is 5.32 Å². The fourth-order valence-electron chi connectivity index (χ4n) is 3.55. The van der Waals surface area contributed by atoms with E-state index in [1.54, 1.807) is 17.8 Å². The number of esters is 2. The van der Waals surface area contributed by atoms with Crippen LogP contribution in [-0.2, 0) is 40.5 Å². The molecule has 0 aliphatic carbocycles. The first kappa shape index (κ1) is 30.2. The molecule has 1 heterocycles. The van der Waals surface area contributed by atoms with Gasteiger partial charge in [0.25, 0.3) is 0 Å². The van der Waals surface area contributed by atoms with E-state index in [2.05, 4.69) is 15.0 Å². The van der Waals surface area contributed by atoms with Gasteiger partial charge in [0, 0.05) is 18.7 Å². The Kier molecular flexibility index (Phi) is 9.26. The zero-order valence-corrected chi connectivity index (χ0v) is 21.8. The maximum atomic E-state index is 13.1. The summed E-state index contributed by atoms with van der Waals surface area (Å²) in [6, 6.07) is 8.93. The van der Waals surface area contributed by atoms with Gasteiger partial charge in [-0.1, -0.05) is 12.1 Å². The second-order valence-electron chi connectivity index (χ2n) is 8.48. The number of fused-ring (bicyclic) bond motifs is 1. The van der Waals surface area contributed by atoms with Crippen LogP contribution in [0.5, 0.6) is 5.75 Å². The number of ether oxygens (including phenoxy) is 2. The molecule has 12 nitrogen and oxygen atoms in total. The van der Waals surface area contributed by atoms with Crippen molar-refractivity contribution < 1.29 is 50.2 Å². The molecule has 214 valence electrons. The highest BCUT2D eigenvalue weighted by molar-refractivity contribution is 7.89. The molecule has 0 spiro atoms. The number of benzene rings is 2. The molecule has 1 amide bonds. The summed E-state index contributed by atoms with van der Waals surface area (Å²) in [5, 5.41) is 2.48. The predicted octanol–water partition coefficient (Wildman–Crippen LogP) is 2.33. The van der Waals surface area contributed by atoms with Crippen LogP contribution < -0.4 is 14.8 Å². The van der Waals surface area contributed by atoms with E-state index in [4.69, 9.17) is 4.74 Å². The first-order chi connectivity index (χ1) is 18.7. The largest absolute Gasteiger partial charge is 0.491 e. The Morgan fingerprint density at radius 3 is 2.50 bits per heavy atom. The van der Waals surface area contributed by atoms with E-state index in [1.807, 2.05) is 29.0 Å². The van der Waals surface area contributed by atoms with Crippen LogP contribution in [0.2, 0.25) is 0 Å². The maximum Gasteiger partial charge on any atom is 0.491 e. The van der Waals surface area contributed by atoms with Gasteiger partial charge in [0.15, 0.2) is 0 Å². The van der Waals surface area contributed by atoms with Crippen LogP contribution in [0.25, 0.3) is 11.0 Å². The van der Waals surface area contributed by atoms with Crippen LogP contribution >= 0.6 is 0 Å². The van der Waals surface area contributed by atoms with E-state index in [1.165, 1.54) is 19.1 Å². The number of hydrogen-bond acceptors (Lipinski definition) is 9. The van der Waals surface area contributed by atoms with Crippen molar-refractivity contribution in [2.45, 2.75) is 50.0 Å². The number of para-hydroxylation sites is 2. The Balaban J connectivity index is 1.84. The number of carbonyl (C=O) groups excluding carboxylic acids is 4. The molecule has 2 unspecified atom stereocenters. The van der Waals surface area contributed by atoms with Crippen molar-refractivity contribution in [2.24, 2.45) is 0 Å². The predicted molar refractivity (Wildman–Crippen MR) is 133 cm³/mol. The molecule has 3 rings (SSSR count). The van der Waals surface area contributed by atoms with Crippen LogP contribution in [0.15, 0.2) is 53.7 Å². The summed E-state index contributed by atoms with van der Waals surface area (Å²) < 4.78 is 76.4. The van der Waals surface area contributed by atoms with Gasteiger partial charge >= 0.3 is 18.1 Å². The first-order valence-corrected chi connectivity index (χ1v) is 13.0. The lowest BCUT2D eigenvalue weighted by Gasteiger charge is -2.20. The number of amides is 1. The highest BCUT2D eigenvalue weighted by Gasteiger charge is 2.42. The molecule has 2 atom stereocenters. The van der Waals surface area contributed by atoms with Crippen molar-refractivity contribution in [3.05, 3.63) is 48.8 Å². The highest BCUT2D eigenvalue weighted by Crippen LogP contribution is 2.29. The minimum absolute atomic E-state index is 0.0458. The number of sulfonamides is 1. The lowest BCUT2D eigenvalue weighted by Crippen LogP contribution is -2.39. The number of aromatic nitrogens is 2. The number of rotatable bonds is 11. The first-order valence-electron chi connectivity index (χ1n) is 11.5. The smallest absolute Gasteiger partial charge is 0.487 e. The monoisotopic (exact) mass is 584 g/mol. The Hall–Kier alpha value is -4.31. The number of imidazole rings is 1. The second-order valence-corrected chi connectivity index (χ2v) is 10.2. The normalized spacial score (nSPS) is 13.3. The summed E-state index contributed by atoms with van der Waals surface area (Å²) in [4.78, 5) is 49.3. The molecule has 0 saturated carbocycles. The molecule has 0 bridgehead atoms. The Labute approximate surface area is 225 Å². The van der Waals surface area contributed by atoms with Crippen molar-refractivity contribution in [3.8, 4) is 5.75 Å². The third-order valence-electron chi connectivity index (χ3n) is 5.16. The molecule has 0 saturated heterocycles. The maximum absolute atomic E-state index is 13.1. The van der Waals surface area contributed by atoms with Crippen LogP contribution in [-0.4, -0.2) is 60.4 Å². The molecule has 2 N–H and O–H groups in total. The van der Waals surface area contributed by atoms with Crippen molar-refractivity contribution in [3.63, 3.8) is 0 Å². The van der Waals surface area contributed by atoms with Gasteiger partial charge in [0.1, 0.15) is 23.0 Å². The van der Waals surface area contributed by atoms with E-state index in [0.29, 0.717) is 0 Å². The minimum atomic E-state index is -5.46. The number of carbonyl (C=O) groups is 4. The summed E-state index contributed by atoms with van der Waals surface area (Å²) in [6.45, 7) is 3.11. The average molecular weight is 585 g/mol. The van der Waals surface area contributed by atoms with Crippen molar-refractivity contribution in [1.29, 1.82) is 0 Å². The van der Waals surface area contributed by atoms with Crippen LogP contribution in [0.1, 0.15) is 20.3 Å². The van der Waals surface area contributed by atoms with Gasteiger partial charge in [0.05, 0.1) is 36.4 Å². The number of anilines is 1.